The predicted octanol–water partition coefficient (Wildman–Crippen LogP) is 3.19. The zero-order chi connectivity index (χ0) is 8.97. The van der Waals surface area contributed by atoms with Crippen LogP contribution in [0.4, 0.5) is 0 Å². The second-order valence-corrected chi connectivity index (χ2v) is 4.19. The maximum absolute atomic E-state index is 7.67. The van der Waals surface area contributed by atoms with Crippen LogP contribution in [0, 0.1) is 10.8 Å². The van der Waals surface area contributed by atoms with Gasteiger partial charge in [0.05, 0.1) is 10.1 Å². The molecule has 0 radical (unpaired) electrons. The lowest BCUT2D eigenvalue weighted by molar-refractivity contribution is 0.718. The molecule has 0 unspecified atom stereocenters. The van der Waals surface area contributed by atoms with Crippen LogP contribution < -0.4 is 0 Å². The Morgan fingerprint density at radius 1 is 1.42 bits per heavy atom. The molecule has 0 bridgehead atoms. The molecule has 1 aliphatic rings. The molecule has 0 fully saturated rings. The van der Waals surface area contributed by atoms with Gasteiger partial charge >= 0.3 is 0 Å². The third-order valence-electron chi connectivity index (χ3n) is 1.84. The Morgan fingerprint density at radius 2 is 2.17 bits per heavy atom. The largest absolute Gasteiger partial charge is 0.298 e. The number of rotatable bonds is 1. The van der Waals surface area contributed by atoms with Crippen molar-refractivity contribution < 1.29 is 0 Å². The van der Waals surface area contributed by atoms with E-state index in [-0.39, 0.29) is 0 Å². The lowest BCUT2D eigenvalue weighted by atomic mass is 10.0. The molecule has 0 amide bonds. The van der Waals surface area contributed by atoms with E-state index in [9.17, 15) is 0 Å². The van der Waals surface area contributed by atoms with Gasteiger partial charge in [-0.25, -0.2) is 0 Å². The zero-order valence-electron chi connectivity index (χ0n) is 7.31. The first-order chi connectivity index (χ1) is 5.70. The molecule has 3 heteroatoms. The summed E-state index contributed by atoms with van der Waals surface area (Å²) in [4.78, 5) is 0. The lowest BCUT2D eigenvalue weighted by Crippen LogP contribution is -2.02. The quantitative estimate of drug-likeness (QED) is 0.475. The minimum atomic E-state index is 0.506. The minimum Gasteiger partial charge on any atom is -0.298 e. The van der Waals surface area contributed by atoms with Crippen molar-refractivity contribution in [3.63, 3.8) is 0 Å². The Bertz CT molecular complexity index is 231. The van der Waals surface area contributed by atoms with E-state index in [1.807, 2.05) is 0 Å². The Morgan fingerprint density at radius 3 is 2.67 bits per heavy atom. The molecule has 0 aliphatic heterocycles. The van der Waals surface area contributed by atoms with Gasteiger partial charge < -0.3 is 0 Å². The number of thioether (sulfide) groups is 1. The summed E-state index contributed by atoms with van der Waals surface area (Å²) in [6.07, 6.45) is 6.73. The first-order valence-corrected chi connectivity index (χ1v) is 5.03. The van der Waals surface area contributed by atoms with Gasteiger partial charge in [-0.15, -0.1) is 0 Å². The van der Waals surface area contributed by atoms with Crippen molar-refractivity contribution in [1.82, 2.24) is 0 Å². The average molecular weight is 182 g/mol. The first kappa shape index (κ1) is 9.52. The molecule has 1 aliphatic carbocycles. The van der Waals surface area contributed by atoms with Crippen molar-refractivity contribution >= 4 is 21.8 Å². The van der Waals surface area contributed by atoms with Gasteiger partial charge in [0.25, 0.3) is 0 Å². The molecule has 66 valence electrons. The van der Waals surface area contributed by atoms with Crippen LogP contribution in [0.3, 0.4) is 0 Å². The molecule has 0 saturated heterocycles. The van der Waals surface area contributed by atoms with Gasteiger partial charge in [-0.05, 0) is 38.2 Å². The van der Waals surface area contributed by atoms with Gasteiger partial charge in [-0.3, -0.25) is 10.8 Å². The van der Waals surface area contributed by atoms with Crippen LogP contribution in [-0.2, 0) is 0 Å². The van der Waals surface area contributed by atoms with E-state index in [2.05, 4.69) is 6.08 Å². The van der Waals surface area contributed by atoms with Gasteiger partial charge in [-0.2, -0.15) is 0 Å². The summed E-state index contributed by atoms with van der Waals surface area (Å²) in [6.45, 7) is 1.72. The molecule has 2 N–H and O–H groups in total. The predicted molar refractivity (Wildman–Crippen MR) is 55.3 cm³/mol. The summed E-state index contributed by atoms with van der Waals surface area (Å²) in [5, 5.41) is 16.0. The lowest BCUT2D eigenvalue weighted by Gasteiger charge is -2.12. The third kappa shape index (κ3) is 2.81. The fourth-order valence-corrected chi connectivity index (χ4v) is 1.89. The van der Waals surface area contributed by atoms with Crippen LogP contribution in [0.2, 0.25) is 0 Å². The van der Waals surface area contributed by atoms with E-state index in [0.717, 1.165) is 18.4 Å². The highest BCUT2D eigenvalue weighted by molar-refractivity contribution is 8.26. The molecular weight excluding hydrogens is 168 g/mol. The molecule has 2 nitrogen and oxygen atoms in total. The number of hydrogen-bond acceptors (Lipinski definition) is 3. The van der Waals surface area contributed by atoms with Crippen LogP contribution in [0.1, 0.15) is 32.6 Å². The Balaban J connectivity index is 2.51. The van der Waals surface area contributed by atoms with Gasteiger partial charge in [0.15, 0.2) is 0 Å². The fourth-order valence-electron chi connectivity index (χ4n) is 1.26. The standard InChI is InChI=1S/C9H14N2S/c1-7(10)12-9(11)8-5-3-2-4-6-8/h5,10-11H,2-4,6H2,1H3. The molecule has 0 aromatic rings. The molecule has 0 aromatic heterocycles. The maximum atomic E-state index is 7.67. The topological polar surface area (TPSA) is 47.7 Å². The first-order valence-electron chi connectivity index (χ1n) is 4.21. The van der Waals surface area contributed by atoms with Gasteiger partial charge in [0.2, 0.25) is 0 Å². The van der Waals surface area contributed by atoms with E-state index >= 15 is 0 Å². The molecule has 1 rings (SSSR count). The van der Waals surface area contributed by atoms with Crippen LogP contribution in [0.15, 0.2) is 11.6 Å². The highest BCUT2D eigenvalue weighted by Crippen LogP contribution is 2.22. The number of nitrogens with one attached hydrogen (secondary N) is 2. The molecule has 12 heavy (non-hydrogen) atoms. The van der Waals surface area contributed by atoms with Crippen LogP contribution >= 0.6 is 11.8 Å². The normalized spacial score (nSPS) is 16.9. The molecule has 0 heterocycles. The van der Waals surface area contributed by atoms with Crippen LogP contribution in [0.5, 0.6) is 0 Å². The molecule has 0 atom stereocenters. The molecule has 0 saturated carbocycles. The second-order valence-electron chi connectivity index (χ2n) is 2.96. The highest BCUT2D eigenvalue weighted by atomic mass is 32.2. The van der Waals surface area contributed by atoms with Crippen molar-refractivity contribution in [3.8, 4) is 0 Å². The van der Waals surface area contributed by atoms with Crippen molar-refractivity contribution in [2.24, 2.45) is 0 Å². The molecule has 0 spiro atoms. The third-order valence-corrected chi connectivity index (χ3v) is 2.61. The van der Waals surface area contributed by atoms with E-state index in [1.54, 1.807) is 6.92 Å². The van der Waals surface area contributed by atoms with Crippen molar-refractivity contribution in [2.45, 2.75) is 32.6 Å². The zero-order valence-corrected chi connectivity index (χ0v) is 8.13. The van der Waals surface area contributed by atoms with Crippen molar-refractivity contribution in [3.05, 3.63) is 11.6 Å². The van der Waals surface area contributed by atoms with Gasteiger partial charge in [-0.1, -0.05) is 17.8 Å². The van der Waals surface area contributed by atoms with Crippen LogP contribution in [-0.4, -0.2) is 10.1 Å². The summed E-state index contributed by atoms with van der Waals surface area (Å²) in [5.74, 6) is 0. The second kappa shape index (κ2) is 4.45. The number of hydrogen-bond donors (Lipinski definition) is 2. The smallest absolute Gasteiger partial charge is 0.0957 e. The van der Waals surface area contributed by atoms with Crippen molar-refractivity contribution in [1.29, 1.82) is 10.8 Å². The summed E-state index contributed by atoms with van der Waals surface area (Å²) < 4.78 is 0. The van der Waals surface area contributed by atoms with E-state index < -0.39 is 0 Å². The fraction of sp³-hybridized carbons (Fsp3) is 0.556. The van der Waals surface area contributed by atoms with E-state index in [1.165, 1.54) is 24.6 Å². The molecule has 0 aromatic carbocycles. The Kier molecular flexibility index (Phi) is 3.53. The maximum Gasteiger partial charge on any atom is 0.0957 e. The summed E-state index contributed by atoms with van der Waals surface area (Å²) in [7, 11) is 0. The number of allylic oxidation sites excluding steroid dienone is 1. The Hall–Kier alpha value is -0.570. The van der Waals surface area contributed by atoms with Crippen LogP contribution in [0.25, 0.3) is 0 Å². The monoisotopic (exact) mass is 182 g/mol. The van der Waals surface area contributed by atoms with Crippen molar-refractivity contribution in [2.75, 3.05) is 0 Å². The highest BCUT2D eigenvalue weighted by Gasteiger charge is 2.09. The summed E-state index contributed by atoms with van der Waals surface area (Å²) in [6, 6.07) is 0. The minimum absolute atomic E-state index is 0.506. The van der Waals surface area contributed by atoms with Gasteiger partial charge in [0.1, 0.15) is 0 Å². The summed E-state index contributed by atoms with van der Waals surface area (Å²) in [5.41, 5.74) is 1.14. The van der Waals surface area contributed by atoms with Gasteiger partial charge in [0, 0.05) is 0 Å². The SMILES string of the molecule is CC(=N)SC(=N)C1=CCCCC1. The average Bonchev–Trinajstić information content (AvgIpc) is 2.05. The Labute approximate surface area is 77.5 Å². The van der Waals surface area contributed by atoms with E-state index in [0.29, 0.717) is 10.1 Å². The molecular formula is C9H14N2S. The van der Waals surface area contributed by atoms with E-state index in [4.69, 9.17) is 10.8 Å². The summed E-state index contributed by atoms with van der Waals surface area (Å²) >= 11 is 1.26.